The molecule has 0 radical (unpaired) electrons. The topological polar surface area (TPSA) is 37.8 Å². The summed E-state index contributed by atoms with van der Waals surface area (Å²) in [7, 11) is 0. The van der Waals surface area contributed by atoms with Crippen molar-refractivity contribution in [3.8, 4) is 0 Å². The summed E-state index contributed by atoms with van der Waals surface area (Å²) in [5, 5.41) is 3.92. The predicted molar refractivity (Wildman–Crippen MR) is 76.2 cm³/mol. The first-order valence-electron chi connectivity index (χ1n) is 6.57. The summed E-state index contributed by atoms with van der Waals surface area (Å²) in [4.78, 5) is 8.86. The molecule has 1 N–H and O–H groups in total. The molecule has 18 heavy (non-hydrogen) atoms. The third-order valence-corrected chi connectivity index (χ3v) is 3.82. The first-order chi connectivity index (χ1) is 8.28. The van der Waals surface area contributed by atoms with Crippen molar-refractivity contribution in [1.82, 2.24) is 9.97 Å². The van der Waals surface area contributed by atoms with E-state index in [2.05, 4.69) is 43.0 Å². The zero-order valence-corrected chi connectivity index (χ0v) is 12.4. The van der Waals surface area contributed by atoms with Gasteiger partial charge in [0, 0.05) is 18.0 Å². The molecule has 1 aromatic rings. The fourth-order valence-electron chi connectivity index (χ4n) is 2.10. The van der Waals surface area contributed by atoms with Gasteiger partial charge in [-0.15, -0.1) is 0 Å². The number of hydrogen-bond donors (Lipinski definition) is 1. The Balaban J connectivity index is 2.10. The summed E-state index contributed by atoms with van der Waals surface area (Å²) in [6.45, 7) is 9.56. The molecule has 1 saturated carbocycles. The van der Waals surface area contributed by atoms with Crippen LogP contribution in [-0.2, 0) is 5.41 Å². The van der Waals surface area contributed by atoms with Crippen LogP contribution in [0, 0.1) is 5.41 Å². The Morgan fingerprint density at radius 1 is 1.33 bits per heavy atom. The predicted octanol–water partition coefficient (Wildman–Crippen LogP) is 4.03. The van der Waals surface area contributed by atoms with Crippen LogP contribution in [0.15, 0.2) is 6.07 Å². The van der Waals surface area contributed by atoms with Crippen LogP contribution in [-0.4, -0.2) is 16.5 Å². The van der Waals surface area contributed by atoms with Gasteiger partial charge in [0.15, 0.2) is 0 Å². The van der Waals surface area contributed by atoms with Crippen LogP contribution in [0.4, 0.5) is 5.82 Å². The maximum atomic E-state index is 6.06. The number of anilines is 1. The minimum Gasteiger partial charge on any atom is -0.369 e. The summed E-state index contributed by atoms with van der Waals surface area (Å²) < 4.78 is 0. The van der Waals surface area contributed by atoms with Crippen molar-refractivity contribution in [1.29, 1.82) is 0 Å². The Hall–Kier alpha value is -0.830. The molecule has 2 rings (SSSR count). The fourth-order valence-corrected chi connectivity index (χ4v) is 2.29. The maximum absolute atomic E-state index is 6.06. The highest BCUT2D eigenvalue weighted by Crippen LogP contribution is 2.40. The number of halogens is 1. The van der Waals surface area contributed by atoms with Gasteiger partial charge >= 0.3 is 0 Å². The second kappa shape index (κ2) is 4.69. The Kier molecular flexibility index (Phi) is 3.54. The normalized spacial score (nSPS) is 18.3. The molecule has 1 aliphatic carbocycles. The van der Waals surface area contributed by atoms with Gasteiger partial charge in [-0.2, -0.15) is 0 Å². The average Bonchev–Trinajstić information content (AvgIpc) is 2.22. The standard InChI is InChI=1S/C14H22ClN3/c1-13(2,3)12-17-10(15)8-11(18-12)16-9-14(4)6-5-7-14/h8H,5-7,9H2,1-4H3,(H,16,17,18). The van der Waals surface area contributed by atoms with E-state index in [4.69, 9.17) is 11.6 Å². The monoisotopic (exact) mass is 267 g/mol. The smallest absolute Gasteiger partial charge is 0.137 e. The zero-order valence-electron chi connectivity index (χ0n) is 11.7. The Bertz CT molecular complexity index is 433. The van der Waals surface area contributed by atoms with Crippen LogP contribution < -0.4 is 5.32 Å². The van der Waals surface area contributed by atoms with E-state index < -0.39 is 0 Å². The quantitative estimate of drug-likeness (QED) is 0.841. The Morgan fingerprint density at radius 3 is 2.50 bits per heavy atom. The SMILES string of the molecule is CC1(CNc2cc(Cl)nc(C(C)(C)C)n2)CCC1. The van der Waals surface area contributed by atoms with Crippen LogP contribution in [0.2, 0.25) is 5.15 Å². The van der Waals surface area contributed by atoms with E-state index in [0.29, 0.717) is 10.6 Å². The van der Waals surface area contributed by atoms with Crippen LogP contribution in [0.5, 0.6) is 0 Å². The minimum atomic E-state index is -0.0816. The van der Waals surface area contributed by atoms with Gasteiger partial charge in [-0.25, -0.2) is 9.97 Å². The van der Waals surface area contributed by atoms with Gasteiger partial charge in [-0.3, -0.25) is 0 Å². The molecule has 0 amide bonds. The summed E-state index contributed by atoms with van der Waals surface area (Å²) in [6, 6.07) is 1.80. The van der Waals surface area contributed by atoms with Crippen molar-refractivity contribution in [2.24, 2.45) is 5.41 Å². The van der Waals surface area contributed by atoms with Gasteiger partial charge < -0.3 is 5.32 Å². The van der Waals surface area contributed by atoms with Crippen molar-refractivity contribution in [2.75, 3.05) is 11.9 Å². The van der Waals surface area contributed by atoms with Gasteiger partial charge in [-0.05, 0) is 18.3 Å². The highest BCUT2D eigenvalue weighted by molar-refractivity contribution is 6.29. The van der Waals surface area contributed by atoms with E-state index in [-0.39, 0.29) is 5.41 Å². The number of hydrogen-bond acceptors (Lipinski definition) is 3. The molecular formula is C14H22ClN3. The Labute approximate surface area is 114 Å². The average molecular weight is 268 g/mol. The molecule has 0 saturated heterocycles. The van der Waals surface area contributed by atoms with Gasteiger partial charge in [0.2, 0.25) is 0 Å². The molecule has 0 bridgehead atoms. The number of rotatable bonds is 3. The number of nitrogens with one attached hydrogen (secondary N) is 1. The summed E-state index contributed by atoms with van der Waals surface area (Å²) >= 11 is 6.06. The minimum absolute atomic E-state index is 0.0816. The molecule has 4 heteroatoms. The van der Waals surface area contributed by atoms with E-state index in [0.717, 1.165) is 18.2 Å². The van der Waals surface area contributed by atoms with Crippen molar-refractivity contribution >= 4 is 17.4 Å². The lowest BCUT2D eigenvalue weighted by Crippen LogP contribution is -2.33. The second-order valence-electron chi connectivity index (χ2n) is 6.67. The summed E-state index contributed by atoms with van der Waals surface area (Å²) in [6.07, 6.45) is 3.94. The molecule has 0 spiro atoms. The fraction of sp³-hybridized carbons (Fsp3) is 0.714. The molecule has 0 unspecified atom stereocenters. The van der Waals surface area contributed by atoms with Gasteiger partial charge in [0.05, 0.1) is 0 Å². The third-order valence-electron chi connectivity index (χ3n) is 3.62. The van der Waals surface area contributed by atoms with Gasteiger partial charge in [0.1, 0.15) is 16.8 Å². The largest absolute Gasteiger partial charge is 0.369 e. The van der Waals surface area contributed by atoms with Crippen molar-refractivity contribution in [2.45, 2.75) is 52.4 Å². The molecule has 0 aliphatic heterocycles. The van der Waals surface area contributed by atoms with E-state index in [1.165, 1.54) is 19.3 Å². The van der Waals surface area contributed by atoms with Crippen LogP contribution in [0.25, 0.3) is 0 Å². The highest BCUT2D eigenvalue weighted by atomic mass is 35.5. The lowest BCUT2D eigenvalue weighted by molar-refractivity contribution is 0.180. The van der Waals surface area contributed by atoms with Crippen molar-refractivity contribution in [3.05, 3.63) is 17.0 Å². The molecular weight excluding hydrogens is 246 g/mol. The van der Waals surface area contributed by atoms with Crippen LogP contribution in [0.3, 0.4) is 0 Å². The molecule has 100 valence electrons. The van der Waals surface area contributed by atoms with Crippen LogP contribution in [0.1, 0.15) is 52.8 Å². The zero-order chi connectivity index (χ0) is 13.4. The first kappa shape index (κ1) is 13.6. The third kappa shape index (κ3) is 3.14. The molecule has 1 aliphatic rings. The first-order valence-corrected chi connectivity index (χ1v) is 6.95. The van der Waals surface area contributed by atoms with E-state index in [9.17, 15) is 0 Å². The van der Waals surface area contributed by atoms with Crippen molar-refractivity contribution in [3.63, 3.8) is 0 Å². The molecule has 1 heterocycles. The van der Waals surface area contributed by atoms with E-state index in [1.807, 2.05) is 0 Å². The number of aromatic nitrogens is 2. The maximum Gasteiger partial charge on any atom is 0.137 e. The number of nitrogens with zero attached hydrogens (tertiary/aromatic N) is 2. The van der Waals surface area contributed by atoms with E-state index in [1.54, 1.807) is 6.07 Å². The van der Waals surface area contributed by atoms with Gasteiger partial charge in [-0.1, -0.05) is 45.7 Å². The molecule has 0 aromatic carbocycles. The second-order valence-corrected chi connectivity index (χ2v) is 7.05. The summed E-state index contributed by atoms with van der Waals surface area (Å²) in [5.41, 5.74) is 0.348. The lowest BCUT2D eigenvalue weighted by atomic mass is 9.70. The van der Waals surface area contributed by atoms with Crippen molar-refractivity contribution < 1.29 is 0 Å². The lowest BCUT2D eigenvalue weighted by Gasteiger charge is -2.38. The highest BCUT2D eigenvalue weighted by Gasteiger charge is 2.31. The Morgan fingerprint density at radius 2 is 2.00 bits per heavy atom. The van der Waals surface area contributed by atoms with Gasteiger partial charge in [0.25, 0.3) is 0 Å². The van der Waals surface area contributed by atoms with E-state index >= 15 is 0 Å². The summed E-state index contributed by atoms with van der Waals surface area (Å²) in [5.74, 6) is 1.63. The van der Waals surface area contributed by atoms with Crippen LogP contribution >= 0.6 is 11.6 Å². The molecule has 1 aromatic heterocycles. The molecule has 1 fully saturated rings. The molecule has 0 atom stereocenters. The molecule has 3 nitrogen and oxygen atoms in total.